The van der Waals surface area contributed by atoms with Crippen molar-refractivity contribution >= 4 is 95.3 Å². The standard InChI is InChI=1S/C45H80N10O12S3/c1-9-26(6)36(43(64)52-32(23-68)41(62)48-28(15-19-69-7)38(59)51-31(22-34(56)57)40(61)53-35(25(4)5)45(66)67)54-42(63)33-14-12-18-55(33)44(65)29(16-20-70-8)49-39(60)30(21-24(2)3)50-37(58)27(47)13-10-11-17-46/h24-33,35-36,68H,9-23,46-47H2,1-8H3,(H,48,62)(H,49,60)(H,50,58)(H,51,59)(H,52,64)(H,53,61)(H,54,63)(H,56,57)(H,66,67)/t26-,27-,28-,29-,30-,31-,32-,33-,35-,36-/m0/s1. The number of amides is 8. The van der Waals surface area contributed by atoms with Gasteiger partial charge in [0.25, 0.3) is 0 Å². The second kappa shape index (κ2) is 33.3. The van der Waals surface area contributed by atoms with Crippen LogP contribution in [0.25, 0.3) is 0 Å². The number of carboxylic acid groups (broad SMARTS) is 2. The van der Waals surface area contributed by atoms with Gasteiger partial charge in [0.2, 0.25) is 47.3 Å². The molecule has 25 heteroatoms. The minimum absolute atomic E-state index is 0.00338. The van der Waals surface area contributed by atoms with E-state index in [1.807, 2.05) is 20.1 Å². The lowest BCUT2D eigenvalue weighted by atomic mass is 9.97. The number of carboxylic acids is 2. The molecule has 1 aliphatic rings. The molecule has 0 unspecified atom stereocenters. The number of thiol groups is 1. The van der Waals surface area contributed by atoms with Crippen molar-refractivity contribution in [1.82, 2.24) is 42.1 Å². The van der Waals surface area contributed by atoms with Crippen molar-refractivity contribution in [3.8, 4) is 0 Å². The molecule has 0 saturated carbocycles. The molecule has 22 nitrogen and oxygen atoms in total. The zero-order chi connectivity index (χ0) is 53.2. The minimum atomic E-state index is -1.70. The van der Waals surface area contributed by atoms with Gasteiger partial charge in [-0.1, -0.05) is 54.4 Å². The first-order chi connectivity index (χ1) is 33.0. The molecule has 8 amide bonds. The largest absolute Gasteiger partial charge is 0.481 e. The molecular formula is C45H80N10O12S3. The molecule has 1 saturated heterocycles. The van der Waals surface area contributed by atoms with Crippen LogP contribution in [0.1, 0.15) is 106 Å². The molecule has 400 valence electrons. The van der Waals surface area contributed by atoms with Gasteiger partial charge in [0.05, 0.1) is 12.5 Å². The van der Waals surface area contributed by atoms with E-state index in [1.54, 1.807) is 20.1 Å². The van der Waals surface area contributed by atoms with Crippen LogP contribution in [0.15, 0.2) is 0 Å². The van der Waals surface area contributed by atoms with Gasteiger partial charge in [-0.15, -0.1) is 0 Å². The summed E-state index contributed by atoms with van der Waals surface area (Å²) in [7, 11) is 0. The predicted octanol–water partition coefficient (Wildman–Crippen LogP) is -0.429. The summed E-state index contributed by atoms with van der Waals surface area (Å²) < 4.78 is 0. The lowest BCUT2D eigenvalue weighted by Crippen LogP contribution is -2.61. The number of carbonyl (C=O) groups excluding carboxylic acids is 8. The van der Waals surface area contributed by atoms with Crippen LogP contribution < -0.4 is 48.7 Å². The number of nitrogens with two attached hydrogens (primary N) is 2. The fraction of sp³-hybridized carbons (Fsp3) is 0.778. The number of rotatable bonds is 34. The quantitative estimate of drug-likeness (QED) is 0.0287. The molecule has 1 heterocycles. The smallest absolute Gasteiger partial charge is 0.326 e. The molecule has 1 aliphatic heterocycles. The summed E-state index contributed by atoms with van der Waals surface area (Å²) >= 11 is 7.07. The van der Waals surface area contributed by atoms with Crippen LogP contribution >= 0.6 is 36.2 Å². The summed E-state index contributed by atoms with van der Waals surface area (Å²) in [4.78, 5) is 134. The third-order valence-electron chi connectivity index (χ3n) is 11.8. The molecule has 1 rings (SSSR count). The van der Waals surface area contributed by atoms with Crippen LogP contribution in [-0.4, -0.2) is 172 Å². The van der Waals surface area contributed by atoms with Crippen LogP contribution in [0.2, 0.25) is 0 Å². The van der Waals surface area contributed by atoms with Gasteiger partial charge < -0.3 is 63.8 Å². The molecule has 0 aromatic rings. The van der Waals surface area contributed by atoms with Crippen molar-refractivity contribution < 1.29 is 58.2 Å². The molecule has 0 aromatic heterocycles. The molecule has 0 aliphatic carbocycles. The van der Waals surface area contributed by atoms with E-state index in [1.165, 1.54) is 42.3 Å². The lowest BCUT2D eigenvalue weighted by Gasteiger charge is -2.32. The second-order valence-corrected chi connectivity index (χ2v) is 20.6. The Morgan fingerprint density at radius 3 is 1.73 bits per heavy atom. The van der Waals surface area contributed by atoms with Gasteiger partial charge in [0.1, 0.15) is 48.3 Å². The molecule has 1 fully saturated rings. The Kier molecular flexibility index (Phi) is 30.3. The lowest BCUT2D eigenvalue weighted by molar-refractivity contribution is -0.144. The Balaban J connectivity index is 3.29. The Hall–Kier alpha value is -4.33. The Labute approximate surface area is 426 Å². The van der Waals surface area contributed by atoms with E-state index in [-0.39, 0.29) is 43.9 Å². The van der Waals surface area contributed by atoms with Crippen LogP contribution in [0.4, 0.5) is 0 Å². The van der Waals surface area contributed by atoms with Crippen molar-refractivity contribution in [3.63, 3.8) is 0 Å². The van der Waals surface area contributed by atoms with E-state index in [4.69, 9.17) is 11.5 Å². The Bertz CT molecular complexity index is 1760. The van der Waals surface area contributed by atoms with Gasteiger partial charge in [-0.3, -0.25) is 43.2 Å². The summed E-state index contributed by atoms with van der Waals surface area (Å²) in [5.74, 6) is -9.10. The van der Waals surface area contributed by atoms with Crippen molar-refractivity contribution in [2.75, 3.05) is 42.9 Å². The number of hydrogen-bond donors (Lipinski definition) is 12. The number of thioether (sulfide) groups is 2. The van der Waals surface area contributed by atoms with Gasteiger partial charge in [-0.05, 0) is 93.3 Å². The third-order valence-corrected chi connectivity index (χ3v) is 13.5. The summed E-state index contributed by atoms with van der Waals surface area (Å²) in [5, 5.41) is 37.2. The molecular weight excluding hydrogens is 969 g/mol. The number of nitrogens with zero attached hydrogens (tertiary/aromatic N) is 1. The normalized spacial score (nSPS) is 17.4. The second-order valence-electron chi connectivity index (χ2n) is 18.3. The average Bonchev–Trinajstić information content (AvgIpc) is 3.80. The molecule has 13 N–H and O–H groups in total. The highest BCUT2D eigenvalue weighted by molar-refractivity contribution is 7.98. The van der Waals surface area contributed by atoms with Crippen molar-refractivity contribution in [1.29, 1.82) is 0 Å². The number of aliphatic carboxylic acids is 2. The van der Waals surface area contributed by atoms with Crippen molar-refractivity contribution in [3.05, 3.63) is 0 Å². The van der Waals surface area contributed by atoms with Crippen LogP contribution in [0, 0.1) is 17.8 Å². The van der Waals surface area contributed by atoms with Gasteiger partial charge in [-0.2, -0.15) is 36.2 Å². The van der Waals surface area contributed by atoms with Crippen LogP contribution in [0.3, 0.4) is 0 Å². The number of likely N-dealkylation sites (tertiary alicyclic amines) is 1. The van der Waals surface area contributed by atoms with Gasteiger partial charge in [0.15, 0.2) is 0 Å². The Morgan fingerprint density at radius 2 is 1.20 bits per heavy atom. The number of unbranched alkanes of at least 4 members (excludes halogenated alkanes) is 1. The summed E-state index contributed by atoms with van der Waals surface area (Å²) in [6, 6.07) is -10.9. The fourth-order valence-corrected chi connectivity index (χ4v) is 8.70. The first-order valence-corrected chi connectivity index (χ1v) is 27.3. The maximum atomic E-state index is 14.3. The van der Waals surface area contributed by atoms with Gasteiger partial charge >= 0.3 is 11.9 Å². The molecule has 70 heavy (non-hydrogen) atoms. The minimum Gasteiger partial charge on any atom is -0.481 e. The maximum absolute atomic E-state index is 14.3. The summed E-state index contributed by atoms with van der Waals surface area (Å²) in [5.41, 5.74) is 11.7. The van der Waals surface area contributed by atoms with Crippen molar-refractivity contribution in [2.45, 2.75) is 160 Å². The van der Waals surface area contributed by atoms with Crippen molar-refractivity contribution in [2.24, 2.45) is 29.2 Å². The molecule has 0 aromatic carbocycles. The van der Waals surface area contributed by atoms with E-state index in [0.717, 1.165) is 0 Å². The molecule has 0 radical (unpaired) electrons. The van der Waals surface area contributed by atoms with E-state index in [0.29, 0.717) is 50.2 Å². The van der Waals surface area contributed by atoms with E-state index in [2.05, 4.69) is 49.8 Å². The zero-order valence-electron chi connectivity index (χ0n) is 41.9. The molecule has 0 bridgehead atoms. The molecule has 0 spiro atoms. The highest BCUT2D eigenvalue weighted by atomic mass is 32.2. The highest BCUT2D eigenvalue weighted by Crippen LogP contribution is 2.22. The highest BCUT2D eigenvalue weighted by Gasteiger charge is 2.41. The van der Waals surface area contributed by atoms with E-state index in [9.17, 15) is 58.2 Å². The van der Waals surface area contributed by atoms with Gasteiger partial charge in [-0.25, -0.2) is 4.79 Å². The predicted molar refractivity (Wildman–Crippen MR) is 273 cm³/mol. The van der Waals surface area contributed by atoms with Crippen LogP contribution in [0.5, 0.6) is 0 Å². The van der Waals surface area contributed by atoms with E-state index >= 15 is 0 Å². The topological polar surface area (TPSA) is 351 Å². The van der Waals surface area contributed by atoms with E-state index < -0.39 is 132 Å². The SMILES string of the molecule is CC[C@H](C)[C@H](NC(=O)[C@@H]1CCCN1C(=O)[C@H](CCSC)NC(=O)[C@H](CC(C)C)NC(=O)[C@@H](N)CCCCN)C(=O)N[C@@H](CS)C(=O)N[C@@H](CCSC)C(=O)N[C@@H](CC(=O)O)C(=O)N[C@H](C(=O)O)C(C)C. The maximum Gasteiger partial charge on any atom is 0.326 e. The number of nitrogens with one attached hydrogen (secondary N) is 7. The third kappa shape index (κ3) is 22.0. The van der Waals surface area contributed by atoms with Gasteiger partial charge in [0, 0.05) is 12.3 Å². The summed E-state index contributed by atoms with van der Waals surface area (Å²) in [6.45, 7) is 11.0. The van der Waals surface area contributed by atoms with Crippen LogP contribution in [-0.2, 0) is 47.9 Å². The fourth-order valence-electron chi connectivity index (χ4n) is 7.50. The Morgan fingerprint density at radius 1 is 0.671 bits per heavy atom. The number of hydrogen-bond acceptors (Lipinski definition) is 15. The zero-order valence-corrected chi connectivity index (χ0v) is 44.4. The monoisotopic (exact) mass is 1050 g/mol. The number of carbonyl (C=O) groups is 10. The first-order valence-electron chi connectivity index (χ1n) is 23.9. The molecule has 10 atom stereocenters. The average molecular weight is 1050 g/mol. The summed E-state index contributed by atoms with van der Waals surface area (Å²) in [6.07, 6.45) is 6.08. The first kappa shape index (κ1) is 63.7.